The molecule has 1 nitrogen and oxygen atoms in total. The summed E-state index contributed by atoms with van der Waals surface area (Å²) in [7, 11) is 0. The van der Waals surface area contributed by atoms with Gasteiger partial charge in [0.2, 0.25) is 0 Å². The smallest absolute Gasteiger partial charge is 0.0172 e. The molecular formula is C13H19N. The molecule has 1 heteroatoms. The Kier molecular flexibility index (Phi) is 1.97. The summed E-state index contributed by atoms with van der Waals surface area (Å²) in [6, 6.07) is 6.99. The van der Waals surface area contributed by atoms with Crippen molar-refractivity contribution in [3.8, 4) is 0 Å². The molecule has 1 aromatic carbocycles. The van der Waals surface area contributed by atoms with Gasteiger partial charge in [-0.05, 0) is 30.4 Å². The van der Waals surface area contributed by atoms with E-state index in [-0.39, 0.29) is 0 Å². The average molecular weight is 189 g/mol. The van der Waals surface area contributed by atoms with Crippen molar-refractivity contribution in [3.05, 3.63) is 34.9 Å². The van der Waals surface area contributed by atoms with Gasteiger partial charge in [0.25, 0.3) is 0 Å². The molecular weight excluding hydrogens is 170 g/mol. The number of nitrogens with two attached hydrogens (primary N) is 1. The lowest BCUT2D eigenvalue weighted by atomic mass is 9.97. The average Bonchev–Trinajstić information content (AvgIpc) is 2.58. The molecule has 2 rings (SSSR count). The van der Waals surface area contributed by atoms with Crippen molar-refractivity contribution in [3.63, 3.8) is 0 Å². The maximum Gasteiger partial charge on any atom is 0.0172 e. The second kappa shape index (κ2) is 2.83. The highest BCUT2D eigenvalue weighted by atomic mass is 14.8. The van der Waals surface area contributed by atoms with Crippen LogP contribution >= 0.6 is 0 Å². The summed E-state index contributed by atoms with van der Waals surface area (Å²) in [6.07, 6.45) is 0. The van der Waals surface area contributed by atoms with Crippen LogP contribution in [0.4, 0.5) is 0 Å². The summed E-state index contributed by atoms with van der Waals surface area (Å²) < 4.78 is 0. The Hall–Kier alpha value is -0.820. The van der Waals surface area contributed by atoms with Crippen molar-refractivity contribution in [2.45, 2.75) is 39.7 Å². The normalized spacial score (nSPS) is 28.9. The lowest BCUT2D eigenvalue weighted by Crippen LogP contribution is -2.06. The Bertz CT molecular complexity index is 365. The first-order chi connectivity index (χ1) is 6.44. The molecule has 1 aliphatic rings. The van der Waals surface area contributed by atoms with Crippen molar-refractivity contribution in [1.82, 2.24) is 0 Å². The van der Waals surface area contributed by atoms with Crippen molar-refractivity contribution >= 4 is 0 Å². The van der Waals surface area contributed by atoms with Crippen LogP contribution in [0.2, 0.25) is 0 Å². The molecule has 1 fully saturated rings. The van der Waals surface area contributed by atoms with Crippen molar-refractivity contribution in [2.75, 3.05) is 0 Å². The van der Waals surface area contributed by atoms with Crippen molar-refractivity contribution in [2.24, 2.45) is 11.1 Å². The van der Waals surface area contributed by atoms with Gasteiger partial charge in [0.1, 0.15) is 0 Å². The van der Waals surface area contributed by atoms with Crippen LogP contribution in [0.1, 0.15) is 36.5 Å². The van der Waals surface area contributed by atoms with Gasteiger partial charge in [0.05, 0.1) is 0 Å². The summed E-state index contributed by atoms with van der Waals surface area (Å²) in [5.41, 5.74) is 10.5. The summed E-state index contributed by atoms with van der Waals surface area (Å²) in [5.74, 6) is 0.558. The van der Waals surface area contributed by atoms with Crippen molar-refractivity contribution < 1.29 is 0 Å². The minimum absolute atomic E-state index is 0.290. The third-order valence-electron chi connectivity index (χ3n) is 3.68. The first-order valence-corrected chi connectivity index (χ1v) is 5.27. The first kappa shape index (κ1) is 9.72. The molecule has 0 heterocycles. The molecule has 1 aromatic rings. The molecule has 0 unspecified atom stereocenters. The van der Waals surface area contributed by atoms with Gasteiger partial charge in [-0.2, -0.15) is 0 Å². The van der Waals surface area contributed by atoms with Crippen LogP contribution in [0.25, 0.3) is 0 Å². The van der Waals surface area contributed by atoms with E-state index in [1.54, 1.807) is 0 Å². The second-order valence-electron chi connectivity index (χ2n) is 5.18. The predicted molar refractivity (Wildman–Crippen MR) is 60.4 cm³/mol. The van der Waals surface area contributed by atoms with E-state index in [2.05, 4.69) is 45.9 Å². The Labute approximate surface area is 86.3 Å². The van der Waals surface area contributed by atoms with E-state index in [0.717, 1.165) is 0 Å². The van der Waals surface area contributed by atoms with Gasteiger partial charge in [-0.1, -0.05) is 37.6 Å². The fraction of sp³-hybridized carbons (Fsp3) is 0.538. The molecule has 0 aliphatic heterocycles. The minimum Gasteiger partial charge on any atom is -0.327 e. The molecule has 0 aromatic heterocycles. The van der Waals surface area contributed by atoms with E-state index in [9.17, 15) is 0 Å². The molecule has 0 bridgehead atoms. The fourth-order valence-electron chi connectivity index (χ4n) is 2.37. The third-order valence-corrected chi connectivity index (χ3v) is 3.68. The zero-order valence-electron chi connectivity index (χ0n) is 9.46. The SMILES string of the molecule is Cc1ccc(C)c([C@H]2[C@H](N)C2(C)C)c1. The number of hydrogen-bond donors (Lipinski definition) is 1. The van der Waals surface area contributed by atoms with E-state index in [1.807, 2.05) is 0 Å². The quantitative estimate of drug-likeness (QED) is 0.722. The van der Waals surface area contributed by atoms with E-state index >= 15 is 0 Å². The Morgan fingerprint density at radius 1 is 1.21 bits per heavy atom. The van der Waals surface area contributed by atoms with Crippen LogP contribution in [0.5, 0.6) is 0 Å². The van der Waals surface area contributed by atoms with Crippen LogP contribution in [0, 0.1) is 19.3 Å². The highest BCUT2D eigenvalue weighted by Gasteiger charge is 2.56. The van der Waals surface area contributed by atoms with Gasteiger partial charge < -0.3 is 5.73 Å². The molecule has 0 radical (unpaired) electrons. The molecule has 0 amide bonds. The van der Waals surface area contributed by atoms with Crippen LogP contribution in [-0.2, 0) is 0 Å². The summed E-state index contributed by atoms with van der Waals surface area (Å²) in [4.78, 5) is 0. The number of hydrogen-bond acceptors (Lipinski definition) is 1. The maximum absolute atomic E-state index is 6.10. The van der Waals surface area contributed by atoms with Gasteiger partial charge in [-0.15, -0.1) is 0 Å². The van der Waals surface area contributed by atoms with E-state index in [4.69, 9.17) is 5.73 Å². The van der Waals surface area contributed by atoms with Gasteiger partial charge in [0.15, 0.2) is 0 Å². The number of benzene rings is 1. The predicted octanol–water partition coefficient (Wildman–Crippen LogP) is 2.75. The molecule has 2 atom stereocenters. The van der Waals surface area contributed by atoms with Crippen LogP contribution < -0.4 is 5.73 Å². The molecule has 76 valence electrons. The van der Waals surface area contributed by atoms with Gasteiger partial charge >= 0.3 is 0 Å². The summed E-state index contributed by atoms with van der Waals surface area (Å²) in [5, 5.41) is 0. The number of aryl methyl sites for hydroxylation is 2. The lowest BCUT2D eigenvalue weighted by molar-refractivity contribution is 0.598. The maximum atomic E-state index is 6.10. The highest BCUT2D eigenvalue weighted by Crippen LogP contribution is 2.57. The monoisotopic (exact) mass is 189 g/mol. The minimum atomic E-state index is 0.290. The third kappa shape index (κ3) is 1.27. The largest absolute Gasteiger partial charge is 0.327 e. The van der Waals surface area contributed by atoms with Crippen LogP contribution in [0.15, 0.2) is 18.2 Å². The molecule has 1 aliphatic carbocycles. The Balaban J connectivity index is 2.39. The van der Waals surface area contributed by atoms with Crippen LogP contribution in [-0.4, -0.2) is 6.04 Å². The van der Waals surface area contributed by atoms with Gasteiger partial charge in [-0.3, -0.25) is 0 Å². The van der Waals surface area contributed by atoms with Gasteiger partial charge in [-0.25, -0.2) is 0 Å². The van der Waals surface area contributed by atoms with E-state index < -0.39 is 0 Å². The zero-order chi connectivity index (χ0) is 10.5. The molecule has 2 N–H and O–H groups in total. The molecule has 0 spiro atoms. The highest BCUT2D eigenvalue weighted by molar-refractivity contribution is 5.41. The van der Waals surface area contributed by atoms with E-state index in [0.29, 0.717) is 17.4 Å². The standard InChI is InChI=1S/C13H19N/c1-8-5-6-9(2)10(7-8)11-12(14)13(11,3)4/h5-7,11-12H,14H2,1-4H3/t11-,12-/m0/s1. The van der Waals surface area contributed by atoms with Gasteiger partial charge in [0, 0.05) is 12.0 Å². The van der Waals surface area contributed by atoms with Crippen molar-refractivity contribution in [1.29, 1.82) is 0 Å². The second-order valence-corrected chi connectivity index (χ2v) is 5.18. The Morgan fingerprint density at radius 3 is 2.29 bits per heavy atom. The topological polar surface area (TPSA) is 26.0 Å². The Morgan fingerprint density at radius 2 is 1.79 bits per heavy atom. The fourth-order valence-corrected chi connectivity index (χ4v) is 2.37. The van der Waals surface area contributed by atoms with E-state index in [1.165, 1.54) is 16.7 Å². The molecule has 0 saturated heterocycles. The molecule has 14 heavy (non-hydrogen) atoms. The lowest BCUT2D eigenvalue weighted by Gasteiger charge is -2.08. The zero-order valence-corrected chi connectivity index (χ0v) is 9.46. The number of rotatable bonds is 1. The molecule has 1 saturated carbocycles. The summed E-state index contributed by atoms with van der Waals surface area (Å²) in [6.45, 7) is 8.83. The van der Waals surface area contributed by atoms with Crippen LogP contribution in [0.3, 0.4) is 0 Å². The first-order valence-electron chi connectivity index (χ1n) is 5.27. The summed E-state index contributed by atoms with van der Waals surface area (Å²) >= 11 is 0.